The molecule has 1 atom stereocenters. The number of urea groups is 1. The fourth-order valence-corrected chi connectivity index (χ4v) is 4.91. The second-order valence-electron chi connectivity index (χ2n) is 8.74. The average Bonchev–Trinajstić information content (AvgIpc) is 3.24. The van der Waals surface area contributed by atoms with Crippen LogP contribution in [0, 0.1) is 0 Å². The fraction of sp³-hybridized carbons (Fsp3) is 0.520. The van der Waals surface area contributed by atoms with Crippen molar-refractivity contribution in [3.05, 3.63) is 51.7 Å². The van der Waals surface area contributed by atoms with E-state index < -0.39 is 0 Å². The number of rotatable bonds is 8. The number of ether oxygens (including phenoxy) is 1. The molecule has 0 aliphatic carbocycles. The van der Waals surface area contributed by atoms with Crippen molar-refractivity contribution in [1.29, 1.82) is 0 Å². The van der Waals surface area contributed by atoms with Crippen molar-refractivity contribution in [3.8, 4) is 5.75 Å². The van der Waals surface area contributed by atoms with Gasteiger partial charge in [-0.15, -0.1) is 11.3 Å². The van der Waals surface area contributed by atoms with Crippen LogP contribution in [-0.2, 0) is 11.2 Å². The maximum Gasteiger partial charge on any atom is 0.318 e. The molecule has 0 fully saturated rings. The van der Waals surface area contributed by atoms with Crippen molar-refractivity contribution in [3.63, 3.8) is 0 Å². The smallest absolute Gasteiger partial charge is 0.318 e. The lowest BCUT2D eigenvalue weighted by Crippen LogP contribution is -2.51. The number of hydrogen-bond acceptors (Lipinski definition) is 4. The molecular formula is C25H35N3O3S. The first-order valence-corrected chi connectivity index (χ1v) is 12.3. The van der Waals surface area contributed by atoms with Gasteiger partial charge in [0.1, 0.15) is 18.9 Å². The molecule has 6 nitrogen and oxygen atoms in total. The Labute approximate surface area is 195 Å². The van der Waals surface area contributed by atoms with Crippen LogP contribution in [0.2, 0.25) is 0 Å². The second kappa shape index (κ2) is 10.9. The highest BCUT2D eigenvalue weighted by Crippen LogP contribution is 2.34. The number of hydrogen-bond donors (Lipinski definition) is 1. The van der Waals surface area contributed by atoms with E-state index in [1.807, 2.05) is 37.8 Å². The SMILES string of the molecule is CCNC(=O)N(CC(=O)N1CCc2sccc2[C@H]1COc1ccc(C(C)C)cc1)C(C)C. The summed E-state index contributed by atoms with van der Waals surface area (Å²) in [5.41, 5.74) is 2.42. The predicted octanol–water partition coefficient (Wildman–Crippen LogP) is 4.82. The van der Waals surface area contributed by atoms with Gasteiger partial charge in [-0.05, 0) is 67.8 Å². The molecule has 174 valence electrons. The third kappa shape index (κ3) is 5.63. The molecule has 0 radical (unpaired) electrons. The molecule has 2 heterocycles. The number of thiophene rings is 1. The van der Waals surface area contributed by atoms with Gasteiger partial charge in [-0.2, -0.15) is 0 Å². The van der Waals surface area contributed by atoms with E-state index in [4.69, 9.17) is 4.74 Å². The summed E-state index contributed by atoms with van der Waals surface area (Å²) in [4.78, 5) is 30.6. The lowest BCUT2D eigenvalue weighted by atomic mass is 10.00. The highest BCUT2D eigenvalue weighted by atomic mass is 32.1. The van der Waals surface area contributed by atoms with Crippen LogP contribution in [0.15, 0.2) is 35.7 Å². The topological polar surface area (TPSA) is 61.9 Å². The van der Waals surface area contributed by atoms with Gasteiger partial charge in [-0.25, -0.2) is 4.79 Å². The first-order valence-electron chi connectivity index (χ1n) is 11.4. The Kier molecular flexibility index (Phi) is 8.18. The molecule has 3 rings (SSSR count). The number of nitrogens with one attached hydrogen (secondary N) is 1. The molecule has 0 bridgehead atoms. The summed E-state index contributed by atoms with van der Waals surface area (Å²) < 4.78 is 6.14. The summed E-state index contributed by atoms with van der Waals surface area (Å²) in [6.45, 7) is 11.7. The normalized spacial score (nSPS) is 15.6. The molecule has 32 heavy (non-hydrogen) atoms. The molecule has 0 saturated carbocycles. The van der Waals surface area contributed by atoms with Crippen molar-refractivity contribution in [2.45, 2.75) is 59.0 Å². The van der Waals surface area contributed by atoms with Crippen LogP contribution in [-0.4, -0.2) is 54.0 Å². The van der Waals surface area contributed by atoms with Gasteiger partial charge < -0.3 is 19.9 Å². The molecule has 2 aromatic rings. The fourth-order valence-electron chi connectivity index (χ4n) is 3.98. The summed E-state index contributed by atoms with van der Waals surface area (Å²) in [6.07, 6.45) is 0.834. The summed E-state index contributed by atoms with van der Waals surface area (Å²) in [5, 5.41) is 4.89. The molecule has 3 amide bonds. The minimum absolute atomic E-state index is 0.0504. The van der Waals surface area contributed by atoms with E-state index in [1.165, 1.54) is 10.4 Å². The molecule has 7 heteroatoms. The lowest BCUT2D eigenvalue weighted by molar-refractivity contribution is -0.135. The molecule has 1 aliphatic heterocycles. The monoisotopic (exact) mass is 457 g/mol. The van der Waals surface area contributed by atoms with Crippen LogP contribution in [0.4, 0.5) is 4.79 Å². The maximum absolute atomic E-state index is 13.3. The zero-order chi connectivity index (χ0) is 23.3. The Morgan fingerprint density at radius 1 is 1.19 bits per heavy atom. The first kappa shape index (κ1) is 24.1. The molecule has 1 N–H and O–H groups in total. The summed E-state index contributed by atoms with van der Waals surface area (Å²) >= 11 is 1.73. The van der Waals surface area contributed by atoms with Crippen LogP contribution < -0.4 is 10.1 Å². The van der Waals surface area contributed by atoms with E-state index in [0.29, 0.717) is 25.6 Å². The highest BCUT2D eigenvalue weighted by Gasteiger charge is 2.34. The third-order valence-electron chi connectivity index (χ3n) is 5.89. The van der Waals surface area contributed by atoms with Crippen LogP contribution in [0.1, 0.15) is 62.6 Å². The molecule has 1 aliphatic rings. The van der Waals surface area contributed by atoms with Crippen LogP contribution >= 0.6 is 11.3 Å². The van der Waals surface area contributed by atoms with Gasteiger partial charge >= 0.3 is 6.03 Å². The molecule has 0 spiro atoms. The van der Waals surface area contributed by atoms with E-state index >= 15 is 0 Å². The number of carbonyl (C=O) groups excluding carboxylic acids is 2. The second-order valence-corrected chi connectivity index (χ2v) is 9.74. The number of carbonyl (C=O) groups is 2. The Bertz CT molecular complexity index is 907. The Balaban J connectivity index is 1.75. The van der Waals surface area contributed by atoms with Gasteiger partial charge in [0.2, 0.25) is 5.91 Å². The van der Waals surface area contributed by atoms with Crippen molar-refractivity contribution < 1.29 is 14.3 Å². The summed E-state index contributed by atoms with van der Waals surface area (Å²) in [7, 11) is 0. The van der Waals surface area contributed by atoms with Crippen molar-refractivity contribution in [2.75, 3.05) is 26.2 Å². The van der Waals surface area contributed by atoms with E-state index in [1.54, 1.807) is 16.2 Å². The van der Waals surface area contributed by atoms with E-state index in [-0.39, 0.29) is 30.6 Å². The quantitative estimate of drug-likeness (QED) is 0.618. The first-order chi connectivity index (χ1) is 15.3. The van der Waals surface area contributed by atoms with Gasteiger partial charge in [-0.1, -0.05) is 26.0 Å². The number of nitrogens with zero attached hydrogens (tertiary/aromatic N) is 2. The average molecular weight is 458 g/mol. The molecule has 1 aromatic heterocycles. The maximum atomic E-state index is 13.3. The molecular weight excluding hydrogens is 422 g/mol. The van der Waals surface area contributed by atoms with Crippen molar-refractivity contribution >= 4 is 23.3 Å². The van der Waals surface area contributed by atoms with Gasteiger partial charge in [0.15, 0.2) is 0 Å². The predicted molar refractivity (Wildman–Crippen MR) is 129 cm³/mol. The molecule has 1 aromatic carbocycles. The number of amides is 3. The lowest BCUT2D eigenvalue weighted by Gasteiger charge is -2.37. The summed E-state index contributed by atoms with van der Waals surface area (Å²) in [5.74, 6) is 1.22. The van der Waals surface area contributed by atoms with Crippen LogP contribution in [0.25, 0.3) is 0 Å². The van der Waals surface area contributed by atoms with Gasteiger partial charge in [-0.3, -0.25) is 4.79 Å². The molecule has 0 unspecified atom stereocenters. The summed E-state index contributed by atoms with van der Waals surface area (Å²) in [6, 6.07) is 9.83. The Morgan fingerprint density at radius 3 is 2.53 bits per heavy atom. The third-order valence-corrected chi connectivity index (χ3v) is 6.88. The van der Waals surface area contributed by atoms with Gasteiger partial charge in [0.05, 0.1) is 6.04 Å². The van der Waals surface area contributed by atoms with Gasteiger partial charge in [0, 0.05) is 24.0 Å². The zero-order valence-corrected chi connectivity index (χ0v) is 20.6. The standard InChI is InChI=1S/C25H35N3O3S/c1-6-26-25(30)28(18(4)5)15-24(29)27-13-11-23-21(12-14-32-23)22(27)16-31-20-9-7-19(8-10-20)17(2)3/h7-10,12,14,17-18,22H,6,11,13,15-16H2,1-5H3,(H,26,30)/t22-/m1/s1. The van der Waals surface area contributed by atoms with Crippen molar-refractivity contribution in [1.82, 2.24) is 15.1 Å². The Hall–Kier alpha value is -2.54. The van der Waals surface area contributed by atoms with E-state index in [2.05, 4.69) is 42.7 Å². The van der Waals surface area contributed by atoms with E-state index in [9.17, 15) is 9.59 Å². The highest BCUT2D eigenvalue weighted by molar-refractivity contribution is 7.10. The molecule has 0 saturated heterocycles. The van der Waals surface area contributed by atoms with Gasteiger partial charge in [0.25, 0.3) is 0 Å². The van der Waals surface area contributed by atoms with Crippen molar-refractivity contribution in [2.24, 2.45) is 0 Å². The zero-order valence-electron chi connectivity index (χ0n) is 19.8. The minimum Gasteiger partial charge on any atom is -0.491 e. The van der Waals surface area contributed by atoms with E-state index in [0.717, 1.165) is 17.7 Å². The minimum atomic E-state index is -0.206. The van der Waals surface area contributed by atoms with Crippen LogP contribution in [0.3, 0.4) is 0 Å². The number of fused-ring (bicyclic) bond motifs is 1. The van der Waals surface area contributed by atoms with Crippen LogP contribution in [0.5, 0.6) is 5.75 Å². The number of benzene rings is 1. The largest absolute Gasteiger partial charge is 0.491 e. The Morgan fingerprint density at radius 2 is 1.91 bits per heavy atom.